The van der Waals surface area contributed by atoms with E-state index < -0.39 is 0 Å². The smallest absolute Gasteiger partial charge is 0.225 e. The van der Waals surface area contributed by atoms with Gasteiger partial charge < -0.3 is 4.90 Å². The molecule has 1 saturated heterocycles. The molecule has 90 valence electrons. The summed E-state index contributed by atoms with van der Waals surface area (Å²) in [5.41, 5.74) is 0. The van der Waals surface area contributed by atoms with Crippen LogP contribution in [-0.2, 0) is 9.59 Å². The van der Waals surface area contributed by atoms with Gasteiger partial charge in [0.2, 0.25) is 5.91 Å². The van der Waals surface area contributed by atoms with E-state index in [2.05, 4.69) is 0 Å². The second kappa shape index (κ2) is 4.98. The Bertz CT molecular complexity index is 276. The predicted molar refractivity (Wildman–Crippen MR) is 61.9 cm³/mol. The number of amides is 1. The molecule has 0 aromatic heterocycles. The van der Waals surface area contributed by atoms with E-state index in [-0.39, 0.29) is 5.92 Å². The van der Waals surface area contributed by atoms with E-state index in [1.54, 1.807) is 0 Å². The number of rotatable bonds is 3. The summed E-state index contributed by atoms with van der Waals surface area (Å²) >= 11 is 0. The Labute approximate surface area is 97.2 Å². The Hall–Kier alpha value is -0.860. The fourth-order valence-corrected chi connectivity index (χ4v) is 2.62. The van der Waals surface area contributed by atoms with Crippen LogP contribution >= 0.6 is 0 Å². The molecule has 0 bridgehead atoms. The number of carbonyl (C=O) groups is 2. The van der Waals surface area contributed by atoms with Gasteiger partial charge in [0.25, 0.3) is 0 Å². The standard InChI is InChI=1S/C13H21NO2/c1-2-12(15)10-6-8-14(9-7-10)13(16)11-4-3-5-11/h10-11H,2-9H2,1H3. The highest BCUT2D eigenvalue weighted by molar-refractivity contribution is 5.82. The molecule has 1 aliphatic heterocycles. The van der Waals surface area contributed by atoms with Crippen LogP contribution < -0.4 is 0 Å². The van der Waals surface area contributed by atoms with E-state index in [4.69, 9.17) is 0 Å². The van der Waals surface area contributed by atoms with Crippen molar-refractivity contribution in [3.8, 4) is 0 Å². The Morgan fingerprint density at radius 1 is 1.06 bits per heavy atom. The van der Waals surface area contributed by atoms with Crippen LogP contribution in [-0.4, -0.2) is 29.7 Å². The van der Waals surface area contributed by atoms with Crippen LogP contribution in [0, 0.1) is 11.8 Å². The van der Waals surface area contributed by atoms with Crippen LogP contribution in [0.3, 0.4) is 0 Å². The molecule has 1 amide bonds. The van der Waals surface area contributed by atoms with Gasteiger partial charge >= 0.3 is 0 Å². The van der Waals surface area contributed by atoms with Gasteiger partial charge in [0.1, 0.15) is 5.78 Å². The zero-order valence-corrected chi connectivity index (χ0v) is 10.1. The first-order valence-corrected chi connectivity index (χ1v) is 6.54. The van der Waals surface area contributed by atoms with Crippen molar-refractivity contribution in [3.05, 3.63) is 0 Å². The van der Waals surface area contributed by atoms with Crippen molar-refractivity contribution in [2.45, 2.75) is 45.4 Å². The van der Waals surface area contributed by atoms with Crippen LogP contribution in [0.4, 0.5) is 0 Å². The maximum atomic E-state index is 12.0. The topological polar surface area (TPSA) is 37.4 Å². The molecule has 0 unspecified atom stereocenters. The van der Waals surface area contributed by atoms with Gasteiger partial charge in [-0.05, 0) is 25.7 Å². The van der Waals surface area contributed by atoms with Crippen LogP contribution in [0.1, 0.15) is 45.4 Å². The average Bonchev–Trinajstić information content (AvgIpc) is 2.26. The minimum Gasteiger partial charge on any atom is -0.342 e. The molecule has 2 fully saturated rings. The fraction of sp³-hybridized carbons (Fsp3) is 0.846. The van der Waals surface area contributed by atoms with Crippen molar-refractivity contribution in [2.24, 2.45) is 11.8 Å². The molecule has 0 atom stereocenters. The van der Waals surface area contributed by atoms with Gasteiger partial charge in [-0.1, -0.05) is 13.3 Å². The molecule has 0 spiro atoms. The van der Waals surface area contributed by atoms with Crippen molar-refractivity contribution >= 4 is 11.7 Å². The van der Waals surface area contributed by atoms with Gasteiger partial charge in [0, 0.05) is 31.3 Å². The molecule has 16 heavy (non-hydrogen) atoms. The maximum Gasteiger partial charge on any atom is 0.225 e. The normalized spacial score (nSPS) is 22.9. The first kappa shape index (κ1) is 11.6. The Balaban J connectivity index is 1.80. The van der Waals surface area contributed by atoms with Crippen LogP contribution in [0.25, 0.3) is 0 Å². The first-order chi connectivity index (χ1) is 7.72. The summed E-state index contributed by atoms with van der Waals surface area (Å²) in [5.74, 6) is 1.23. The van der Waals surface area contributed by atoms with Crippen molar-refractivity contribution in [1.29, 1.82) is 0 Å². The third-order valence-electron chi connectivity index (χ3n) is 4.06. The molecule has 1 saturated carbocycles. The van der Waals surface area contributed by atoms with Crippen molar-refractivity contribution in [2.75, 3.05) is 13.1 Å². The quantitative estimate of drug-likeness (QED) is 0.734. The zero-order chi connectivity index (χ0) is 11.5. The Morgan fingerprint density at radius 3 is 2.12 bits per heavy atom. The third kappa shape index (κ3) is 2.28. The Kier molecular flexibility index (Phi) is 3.62. The minimum atomic E-state index is 0.218. The van der Waals surface area contributed by atoms with Crippen LogP contribution in [0.2, 0.25) is 0 Å². The average molecular weight is 223 g/mol. The van der Waals surface area contributed by atoms with Crippen LogP contribution in [0.15, 0.2) is 0 Å². The van der Waals surface area contributed by atoms with E-state index >= 15 is 0 Å². The summed E-state index contributed by atoms with van der Waals surface area (Å²) in [6.45, 7) is 3.52. The van der Waals surface area contributed by atoms with Crippen LogP contribution in [0.5, 0.6) is 0 Å². The second-order valence-electron chi connectivity index (χ2n) is 5.05. The fourth-order valence-electron chi connectivity index (χ4n) is 2.62. The van der Waals surface area contributed by atoms with E-state index in [0.717, 1.165) is 38.8 Å². The molecule has 3 nitrogen and oxygen atoms in total. The molecular formula is C13H21NO2. The lowest BCUT2D eigenvalue weighted by molar-refractivity contribution is -0.141. The maximum absolute atomic E-state index is 12.0. The second-order valence-corrected chi connectivity index (χ2v) is 5.05. The number of Topliss-reactive ketones (excluding diaryl/α,β-unsaturated/α-hetero) is 1. The minimum absolute atomic E-state index is 0.218. The highest BCUT2D eigenvalue weighted by Gasteiger charge is 2.32. The van der Waals surface area contributed by atoms with Crippen molar-refractivity contribution in [3.63, 3.8) is 0 Å². The number of hydrogen-bond donors (Lipinski definition) is 0. The van der Waals surface area contributed by atoms with Gasteiger partial charge in [-0.25, -0.2) is 0 Å². The van der Waals surface area contributed by atoms with Gasteiger partial charge in [-0.2, -0.15) is 0 Å². The molecule has 0 aromatic rings. The summed E-state index contributed by atoms with van der Waals surface area (Å²) in [6.07, 6.45) is 5.76. The summed E-state index contributed by atoms with van der Waals surface area (Å²) < 4.78 is 0. The lowest BCUT2D eigenvalue weighted by Gasteiger charge is -2.36. The molecule has 0 radical (unpaired) electrons. The summed E-state index contributed by atoms with van der Waals surface area (Å²) in [4.78, 5) is 25.5. The number of ketones is 1. The number of hydrogen-bond acceptors (Lipinski definition) is 2. The summed E-state index contributed by atoms with van der Waals surface area (Å²) in [5, 5.41) is 0. The predicted octanol–water partition coefficient (Wildman–Crippen LogP) is 2.00. The van der Waals surface area contributed by atoms with Gasteiger partial charge in [0.05, 0.1) is 0 Å². The molecule has 0 aromatic carbocycles. The number of carbonyl (C=O) groups excluding carboxylic acids is 2. The summed E-state index contributed by atoms with van der Waals surface area (Å²) in [7, 11) is 0. The van der Waals surface area contributed by atoms with E-state index in [1.807, 2.05) is 11.8 Å². The third-order valence-corrected chi connectivity index (χ3v) is 4.06. The van der Waals surface area contributed by atoms with E-state index in [0.29, 0.717) is 24.0 Å². The van der Waals surface area contributed by atoms with E-state index in [1.165, 1.54) is 6.42 Å². The largest absolute Gasteiger partial charge is 0.342 e. The van der Waals surface area contributed by atoms with Crippen molar-refractivity contribution in [1.82, 2.24) is 4.90 Å². The SMILES string of the molecule is CCC(=O)C1CCN(C(=O)C2CCC2)CC1. The molecule has 0 N–H and O–H groups in total. The number of piperidine rings is 1. The molecule has 2 rings (SSSR count). The lowest BCUT2D eigenvalue weighted by Crippen LogP contribution is -2.44. The molecule has 2 aliphatic rings. The van der Waals surface area contributed by atoms with Gasteiger partial charge in [-0.15, -0.1) is 0 Å². The zero-order valence-electron chi connectivity index (χ0n) is 10.1. The molecule has 1 heterocycles. The van der Waals surface area contributed by atoms with Gasteiger partial charge in [0.15, 0.2) is 0 Å². The highest BCUT2D eigenvalue weighted by atomic mass is 16.2. The molecule has 3 heteroatoms. The van der Waals surface area contributed by atoms with E-state index in [9.17, 15) is 9.59 Å². The lowest BCUT2D eigenvalue weighted by atomic mass is 9.83. The molecule has 1 aliphatic carbocycles. The van der Waals surface area contributed by atoms with Crippen molar-refractivity contribution < 1.29 is 9.59 Å². The number of nitrogens with zero attached hydrogens (tertiary/aromatic N) is 1. The highest BCUT2D eigenvalue weighted by Crippen LogP contribution is 2.30. The Morgan fingerprint density at radius 2 is 1.69 bits per heavy atom. The molecular weight excluding hydrogens is 202 g/mol. The summed E-state index contributed by atoms with van der Waals surface area (Å²) in [6, 6.07) is 0. The number of likely N-dealkylation sites (tertiary alicyclic amines) is 1. The monoisotopic (exact) mass is 223 g/mol. The first-order valence-electron chi connectivity index (χ1n) is 6.54. The van der Waals surface area contributed by atoms with Gasteiger partial charge in [-0.3, -0.25) is 9.59 Å².